The summed E-state index contributed by atoms with van der Waals surface area (Å²) < 4.78 is 0.741. The van der Waals surface area contributed by atoms with Gasteiger partial charge in [0, 0.05) is 16.1 Å². The smallest absolute Gasteiger partial charge is 0.275 e. The van der Waals surface area contributed by atoms with Crippen molar-refractivity contribution in [3.05, 3.63) is 38.3 Å². The molecule has 0 amide bonds. The number of hydrogen-bond acceptors (Lipinski definition) is 3. The Balaban J connectivity index is 2.51. The number of rotatable bonds is 3. The lowest BCUT2D eigenvalue weighted by Gasteiger charge is -2.14. The Labute approximate surface area is 96.0 Å². The molecule has 0 aliphatic heterocycles. The van der Waals surface area contributed by atoms with Gasteiger partial charge in [0.2, 0.25) is 0 Å². The monoisotopic (exact) mass is 270 g/mol. The summed E-state index contributed by atoms with van der Waals surface area (Å²) >= 11 is 3.25. The topological polar surface area (TPSA) is 55.2 Å². The van der Waals surface area contributed by atoms with Crippen LogP contribution in [0.1, 0.15) is 18.4 Å². The highest BCUT2D eigenvalue weighted by Crippen LogP contribution is 2.48. The first-order chi connectivity index (χ1) is 7.09. The second kappa shape index (κ2) is 3.57. The largest absolute Gasteiger partial charge is 0.310 e. The third kappa shape index (κ3) is 1.77. The van der Waals surface area contributed by atoms with E-state index in [1.165, 1.54) is 0 Å². The average Bonchev–Trinajstić information content (AvgIpc) is 2.98. The summed E-state index contributed by atoms with van der Waals surface area (Å²) in [6.45, 7) is 0. The molecule has 2 rings (SSSR count). The molecule has 0 saturated heterocycles. The van der Waals surface area contributed by atoms with Gasteiger partial charge in [0.05, 0.1) is 10.5 Å². The van der Waals surface area contributed by atoms with Crippen LogP contribution in [-0.4, -0.2) is 12.0 Å². The third-order valence-corrected chi connectivity index (χ3v) is 3.39. The van der Waals surface area contributed by atoms with Crippen molar-refractivity contribution in [1.29, 1.82) is 0 Å². The van der Waals surface area contributed by atoms with Crippen LogP contribution < -0.4 is 5.32 Å². The number of nitrogens with one attached hydrogen (secondary N) is 1. The molecule has 0 atom stereocenters. The minimum absolute atomic E-state index is 0.164. The number of nitro benzene ring substituents is 1. The van der Waals surface area contributed by atoms with Crippen molar-refractivity contribution in [3.63, 3.8) is 0 Å². The second-order valence-corrected chi connectivity index (χ2v) is 4.67. The zero-order chi connectivity index (χ0) is 11.1. The van der Waals surface area contributed by atoms with Crippen molar-refractivity contribution in [2.45, 2.75) is 18.4 Å². The number of nitro groups is 1. The average molecular weight is 271 g/mol. The Hall–Kier alpha value is -0.940. The zero-order valence-electron chi connectivity index (χ0n) is 8.29. The van der Waals surface area contributed by atoms with Crippen LogP contribution >= 0.6 is 15.9 Å². The Kier molecular flexibility index (Phi) is 2.52. The van der Waals surface area contributed by atoms with Crippen molar-refractivity contribution in [2.75, 3.05) is 7.05 Å². The van der Waals surface area contributed by atoms with Crippen molar-refractivity contribution in [1.82, 2.24) is 5.32 Å². The molecule has 1 aromatic rings. The lowest BCUT2D eigenvalue weighted by molar-refractivity contribution is -0.386. The van der Waals surface area contributed by atoms with Crippen LogP contribution in [0, 0.1) is 10.1 Å². The number of halogens is 1. The molecule has 0 aromatic heterocycles. The van der Waals surface area contributed by atoms with E-state index in [2.05, 4.69) is 21.2 Å². The first-order valence-corrected chi connectivity index (χ1v) is 5.52. The van der Waals surface area contributed by atoms with Gasteiger partial charge in [0.1, 0.15) is 0 Å². The molecular weight excluding hydrogens is 260 g/mol. The van der Waals surface area contributed by atoms with E-state index in [-0.39, 0.29) is 16.1 Å². The fourth-order valence-electron chi connectivity index (χ4n) is 1.84. The molecule has 0 unspecified atom stereocenters. The minimum Gasteiger partial charge on any atom is -0.310 e. The number of benzene rings is 1. The third-order valence-electron chi connectivity index (χ3n) is 2.90. The van der Waals surface area contributed by atoms with E-state index in [0.717, 1.165) is 22.9 Å². The molecule has 0 heterocycles. The number of hydrogen-bond donors (Lipinski definition) is 1. The van der Waals surface area contributed by atoms with Crippen LogP contribution in [0.3, 0.4) is 0 Å². The van der Waals surface area contributed by atoms with Crippen LogP contribution in [0.4, 0.5) is 5.69 Å². The molecular formula is C10H11BrN2O2. The standard InChI is InChI=1S/C10H11BrN2O2/c1-12-10(4-5-10)8-3-2-7(11)6-9(8)13(14)15/h2-3,6,12H,4-5H2,1H3. The molecule has 15 heavy (non-hydrogen) atoms. The Morgan fingerprint density at radius 3 is 2.67 bits per heavy atom. The number of nitrogens with zero attached hydrogens (tertiary/aromatic N) is 1. The van der Waals surface area contributed by atoms with Crippen LogP contribution in [0.2, 0.25) is 0 Å². The van der Waals surface area contributed by atoms with Crippen molar-refractivity contribution in [2.24, 2.45) is 0 Å². The van der Waals surface area contributed by atoms with Gasteiger partial charge in [-0.1, -0.05) is 15.9 Å². The fraction of sp³-hybridized carbons (Fsp3) is 0.400. The van der Waals surface area contributed by atoms with E-state index in [1.807, 2.05) is 19.2 Å². The summed E-state index contributed by atoms with van der Waals surface area (Å²) in [5.41, 5.74) is 0.817. The predicted molar refractivity (Wildman–Crippen MR) is 60.8 cm³/mol. The van der Waals surface area contributed by atoms with Crippen molar-refractivity contribution < 1.29 is 4.92 Å². The first-order valence-electron chi connectivity index (χ1n) is 4.72. The Morgan fingerprint density at radius 1 is 1.53 bits per heavy atom. The molecule has 1 saturated carbocycles. The van der Waals surface area contributed by atoms with Crippen molar-refractivity contribution in [3.8, 4) is 0 Å². The molecule has 4 nitrogen and oxygen atoms in total. The highest BCUT2D eigenvalue weighted by molar-refractivity contribution is 9.10. The van der Waals surface area contributed by atoms with E-state index >= 15 is 0 Å². The van der Waals surface area contributed by atoms with Crippen molar-refractivity contribution >= 4 is 21.6 Å². The van der Waals surface area contributed by atoms with E-state index in [0.29, 0.717) is 0 Å². The summed E-state index contributed by atoms with van der Waals surface area (Å²) in [5, 5.41) is 14.1. The summed E-state index contributed by atoms with van der Waals surface area (Å²) in [6.07, 6.45) is 1.93. The molecule has 1 N–H and O–H groups in total. The summed E-state index contributed by atoms with van der Waals surface area (Å²) in [6, 6.07) is 5.23. The normalized spacial score (nSPS) is 17.5. The summed E-state index contributed by atoms with van der Waals surface area (Å²) in [5.74, 6) is 0. The van der Waals surface area contributed by atoms with Gasteiger partial charge in [-0.2, -0.15) is 0 Å². The van der Waals surface area contributed by atoms with E-state index in [1.54, 1.807) is 6.07 Å². The lowest BCUT2D eigenvalue weighted by Crippen LogP contribution is -2.25. The zero-order valence-corrected chi connectivity index (χ0v) is 9.87. The van der Waals surface area contributed by atoms with Crippen LogP contribution in [0.15, 0.2) is 22.7 Å². The molecule has 5 heteroatoms. The van der Waals surface area contributed by atoms with Gasteiger partial charge >= 0.3 is 0 Å². The second-order valence-electron chi connectivity index (χ2n) is 3.75. The molecule has 0 spiro atoms. The maximum atomic E-state index is 10.9. The molecule has 0 bridgehead atoms. The van der Waals surface area contributed by atoms with Gasteiger partial charge in [-0.15, -0.1) is 0 Å². The molecule has 1 fully saturated rings. The highest BCUT2D eigenvalue weighted by atomic mass is 79.9. The van der Waals surface area contributed by atoms with Gasteiger partial charge in [-0.25, -0.2) is 0 Å². The maximum absolute atomic E-state index is 10.9. The summed E-state index contributed by atoms with van der Waals surface area (Å²) in [4.78, 5) is 10.6. The highest BCUT2D eigenvalue weighted by Gasteiger charge is 2.46. The van der Waals surface area contributed by atoms with E-state index in [9.17, 15) is 10.1 Å². The molecule has 1 aliphatic carbocycles. The fourth-order valence-corrected chi connectivity index (χ4v) is 2.19. The van der Waals surface area contributed by atoms with E-state index in [4.69, 9.17) is 0 Å². The Morgan fingerprint density at radius 2 is 2.20 bits per heavy atom. The van der Waals surface area contributed by atoms with Gasteiger partial charge in [-0.05, 0) is 32.0 Å². The molecule has 80 valence electrons. The Bertz CT molecular complexity index is 416. The molecule has 0 radical (unpaired) electrons. The molecule has 1 aromatic carbocycles. The van der Waals surface area contributed by atoms with Gasteiger partial charge < -0.3 is 5.32 Å². The maximum Gasteiger partial charge on any atom is 0.275 e. The van der Waals surface area contributed by atoms with E-state index < -0.39 is 0 Å². The quantitative estimate of drug-likeness (QED) is 0.679. The van der Waals surface area contributed by atoms with Crippen LogP contribution in [-0.2, 0) is 5.54 Å². The predicted octanol–water partition coefficient (Wildman–Crippen LogP) is 2.57. The summed E-state index contributed by atoms with van der Waals surface area (Å²) in [7, 11) is 1.85. The van der Waals surface area contributed by atoms with Gasteiger partial charge in [-0.3, -0.25) is 10.1 Å². The van der Waals surface area contributed by atoms with Gasteiger partial charge in [0.25, 0.3) is 5.69 Å². The molecule has 1 aliphatic rings. The first kappa shape index (κ1) is 10.6. The van der Waals surface area contributed by atoms with Crippen LogP contribution in [0.25, 0.3) is 0 Å². The minimum atomic E-state index is -0.322. The lowest BCUT2D eigenvalue weighted by atomic mass is 10.0. The van der Waals surface area contributed by atoms with Crippen LogP contribution in [0.5, 0.6) is 0 Å². The van der Waals surface area contributed by atoms with Gasteiger partial charge in [0.15, 0.2) is 0 Å². The SMILES string of the molecule is CNC1(c2ccc(Br)cc2[N+](=O)[O-])CC1.